The van der Waals surface area contributed by atoms with E-state index in [-0.39, 0.29) is 19.0 Å². The lowest BCUT2D eigenvalue weighted by atomic mass is 10.0. The summed E-state index contributed by atoms with van der Waals surface area (Å²) < 4.78 is 0. The lowest BCUT2D eigenvalue weighted by Gasteiger charge is -2.14. The first-order valence-electron chi connectivity index (χ1n) is 5.46. The van der Waals surface area contributed by atoms with Gasteiger partial charge >= 0.3 is 0 Å². The van der Waals surface area contributed by atoms with E-state index in [1.807, 2.05) is 26.0 Å². The molecule has 1 N–H and O–H groups in total. The molecule has 0 unspecified atom stereocenters. The van der Waals surface area contributed by atoms with Crippen LogP contribution in [-0.2, 0) is 4.79 Å². The SMILES string of the molecule is C.CC(=O)[C@@]1(C)CSC(c2cc(C)ccc2O)=N1. The third kappa shape index (κ3) is 2.58. The van der Waals surface area contributed by atoms with E-state index in [9.17, 15) is 9.90 Å². The number of rotatable bonds is 2. The fourth-order valence-electron chi connectivity index (χ4n) is 1.64. The van der Waals surface area contributed by atoms with Gasteiger partial charge in [0.1, 0.15) is 16.3 Å². The van der Waals surface area contributed by atoms with Crippen LogP contribution in [0.3, 0.4) is 0 Å². The number of hydrogen-bond acceptors (Lipinski definition) is 4. The van der Waals surface area contributed by atoms with E-state index in [4.69, 9.17) is 0 Å². The highest BCUT2D eigenvalue weighted by Crippen LogP contribution is 2.34. The number of aromatic hydroxyl groups is 1. The summed E-state index contributed by atoms with van der Waals surface area (Å²) in [6, 6.07) is 5.41. The molecule has 0 amide bonds. The monoisotopic (exact) mass is 265 g/mol. The third-order valence-corrected chi connectivity index (χ3v) is 4.27. The van der Waals surface area contributed by atoms with Crippen molar-refractivity contribution in [3.8, 4) is 5.75 Å². The van der Waals surface area contributed by atoms with Crippen LogP contribution in [0, 0.1) is 6.92 Å². The van der Waals surface area contributed by atoms with Crippen LogP contribution >= 0.6 is 11.8 Å². The van der Waals surface area contributed by atoms with E-state index in [2.05, 4.69) is 4.99 Å². The number of Topliss-reactive ketones (excluding diaryl/α,β-unsaturated/α-hetero) is 1. The summed E-state index contributed by atoms with van der Waals surface area (Å²) in [4.78, 5) is 16.0. The molecule has 0 fully saturated rings. The Bertz CT molecular complexity index is 511. The molecule has 0 spiro atoms. The van der Waals surface area contributed by atoms with Gasteiger partial charge in [0.2, 0.25) is 0 Å². The Labute approximate surface area is 112 Å². The van der Waals surface area contributed by atoms with Gasteiger partial charge in [-0.15, -0.1) is 11.8 Å². The number of carbonyl (C=O) groups excluding carboxylic acids is 1. The Balaban J connectivity index is 0.00000162. The van der Waals surface area contributed by atoms with Gasteiger partial charge in [-0.05, 0) is 32.9 Å². The van der Waals surface area contributed by atoms with E-state index >= 15 is 0 Å². The predicted octanol–water partition coefficient (Wildman–Crippen LogP) is 3.18. The third-order valence-electron chi connectivity index (χ3n) is 2.98. The highest BCUT2D eigenvalue weighted by Gasteiger charge is 2.36. The van der Waals surface area contributed by atoms with Crippen LogP contribution in [0.5, 0.6) is 5.75 Å². The summed E-state index contributed by atoms with van der Waals surface area (Å²) in [7, 11) is 0. The standard InChI is InChI=1S/C13H15NO2S.CH4/c1-8-4-5-11(16)10(6-8)12-14-13(3,7-17-12)9(2)15;/h4-6,16H,7H2,1-3H3;1H4/t13-;/m1./s1. The van der Waals surface area contributed by atoms with Crippen LogP contribution in [0.2, 0.25) is 0 Å². The Hall–Kier alpha value is -1.29. The highest BCUT2D eigenvalue weighted by atomic mass is 32.2. The van der Waals surface area contributed by atoms with Crippen molar-refractivity contribution in [2.45, 2.75) is 33.7 Å². The number of carbonyl (C=O) groups is 1. The highest BCUT2D eigenvalue weighted by molar-refractivity contribution is 8.14. The van der Waals surface area contributed by atoms with Gasteiger partial charge in [0.25, 0.3) is 0 Å². The molecule has 0 saturated heterocycles. The number of phenolic OH excluding ortho intramolecular Hbond substituents is 1. The average Bonchev–Trinajstić information content (AvgIpc) is 2.66. The Kier molecular flexibility index (Phi) is 4.22. The molecule has 3 nitrogen and oxygen atoms in total. The van der Waals surface area contributed by atoms with Crippen molar-refractivity contribution in [1.29, 1.82) is 0 Å². The molecule has 0 aliphatic carbocycles. The molecule has 1 heterocycles. The Morgan fingerprint density at radius 3 is 2.72 bits per heavy atom. The van der Waals surface area contributed by atoms with Crippen molar-refractivity contribution in [1.82, 2.24) is 0 Å². The number of benzene rings is 1. The van der Waals surface area contributed by atoms with Gasteiger partial charge in [-0.1, -0.05) is 19.1 Å². The quantitative estimate of drug-likeness (QED) is 0.893. The summed E-state index contributed by atoms with van der Waals surface area (Å²) in [5.74, 6) is 0.923. The normalized spacial score (nSPS) is 22.3. The van der Waals surface area contributed by atoms with Crippen LogP contribution in [0.1, 0.15) is 32.4 Å². The maximum atomic E-state index is 11.5. The summed E-state index contributed by atoms with van der Waals surface area (Å²) in [6.07, 6.45) is 0. The van der Waals surface area contributed by atoms with Gasteiger partial charge in [-0.3, -0.25) is 9.79 Å². The first-order chi connectivity index (χ1) is 7.92. The number of thioether (sulfide) groups is 1. The van der Waals surface area contributed by atoms with Crippen LogP contribution in [-0.4, -0.2) is 27.2 Å². The molecule has 1 aromatic carbocycles. The molecule has 1 aliphatic rings. The molecule has 0 radical (unpaired) electrons. The van der Waals surface area contributed by atoms with Gasteiger partial charge in [-0.2, -0.15) is 0 Å². The minimum atomic E-state index is -0.643. The molecule has 0 aromatic heterocycles. The molecule has 0 bridgehead atoms. The smallest absolute Gasteiger partial charge is 0.157 e. The fourth-order valence-corrected chi connectivity index (χ4v) is 2.91. The maximum Gasteiger partial charge on any atom is 0.157 e. The fraction of sp³-hybridized carbons (Fsp3) is 0.429. The number of aryl methyl sites for hydroxylation is 1. The predicted molar refractivity (Wildman–Crippen MR) is 77.7 cm³/mol. The van der Waals surface area contributed by atoms with Crippen LogP contribution < -0.4 is 0 Å². The van der Waals surface area contributed by atoms with Gasteiger partial charge in [0.15, 0.2) is 5.78 Å². The zero-order valence-electron chi connectivity index (χ0n) is 10.2. The van der Waals surface area contributed by atoms with Crippen molar-refractivity contribution < 1.29 is 9.90 Å². The summed E-state index contributed by atoms with van der Waals surface area (Å²) in [5.41, 5.74) is 1.15. The molecule has 1 aromatic rings. The van der Waals surface area contributed by atoms with E-state index in [0.717, 1.165) is 16.2 Å². The second-order valence-electron chi connectivity index (χ2n) is 4.56. The average molecular weight is 265 g/mol. The van der Waals surface area contributed by atoms with Gasteiger partial charge in [0.05, 0.1) is 0 Å². The molecule has 2 rings (SSSR count). The first-order valence-corrected chi connectivity index (χ1v) is 6.44. The molecular weight excluding hydrogens is 246 g/mol. The first kappa shape index (κ1) is 14.8. The minimum absolute atomic E-state index is 0. The number of hydrogen-bond donors (Lipinski definition) is 1. The van der Waals surface area contributed by atoms with E-state index in [1.54, 1.807) is 13.0 Å². The second-order valence-corrected chi connectivity index (χ2v) is 5.52. The number of aliphatic imine (C=N–C) groups is 1. The van der Waals surface area contributed by atoms with Gasteiger partial charge < -0.3 is 5.11 Å². The lowest BCUT2D eigenvalue weighted by molar-refractivity contribution is -0.120. The van der Waals surface area contributed by atoms with Crippen molar-refractivity contribution in [3.63, 3.8) is 0 Å². The molecule has 18 heavy (non-hydrogen) atoms. The second kappa shape index (κ2) is 5.14. The molecule has 1 atom stereocenters. The van der Waals surface area contributed by atoms with Crippen molar-refractivity contribution >= 4 is 22.6 Å². The largest absolute Gasteiger partial charge is 0.507 e. The van der Waals surface area contributed by atoms with Crippen molar-refractivity contribution in [2.24, 2.45) is 4.99 Å². The van der Waals surface area contributed by atoms with E-state index in [0.29, 0.717) is 5.75 Å². The molecule has 1 aliphatic heterocycles. The van der Waals surface area contributed by atoms with Gasteiger partial charge in [0, 0.05) is 11.3 Å². The zero-order valence-corrected chi connectivity index (χ0v) is 11.0. The summed E-state index contributed by atoms with van der Waals surface area (Å²) in [6.45, 7) is 5.36. The molecular formula is C14H19NO2S. The topological polar surface area (TPSA) is 49.7 Å². The van der Waals surface area contributed by atoms with Crippen LogP contribution in [0.4, 0.5) is 0 Å². The number of phenols is 1. The Morgan fingerprint density at radius 2 is 2.17 bits per heavy atom. The van der Waals surface area contributed by atoms with Gasteiger partial charge in [-0.25, -0.2) is 0 Å². The van der Waals surface area contributed by atoms with E-state index in [1.165, 1.54) is 11.8 Å². The molecule has 4 heteroatoms. The van der Waals surface area contributed by atoms with E-state index < -0.39 is 5.54 Å². The summed E-state index contributed by atoms with van der Waals surface area (Å²) in [5, 5.41) is 10.6. The zero-order chi connectivity index (χ0) is 12.6. The number of ketones is 1. The minimum Gasteiger partial charge on any atom is -0.507 e. The Morgan fingerprint density at radius 1 is 1.50 bits per heavy atom. The number of nitrogens with zero attached hydrogens (tertiary/aromatic N) is 1. The molecule has 98 valence electrons. The molecule has 0 saturated carbocycles. The van der Waals surface area contributed by atoms with Crippen molar-refractivity contribution in [3.05, 3.63) is 29.3 Å². The van der Waals surface area contributed by atoms with Crippen LogP contribution in [0.15, 0.2) is 23.2 Å². The maximum absolute atomic E-state index is 11.5. The lowest BCUT2D eigenvalue weighted by Crippen LogP contribution is -2.31. The van der Waals surface area contributed by atoms with Crippen LogP contribution in [0.25, 0.3) is 0 Å². The summed E-state index contributed by atoms with van der Waals surface area (Å²) >= 11 is 1.52. The van der Waals surface area contributed by atoms with Crippen molar-refractivity contribution in [2.75, 3.05) is 5.75 Å².